The molecule has 4 unspecified atom stereocenters. The third-order valence-electron chi connectivity index (χ3n) is 13.8. The largest absolute Gasteiger partial charge is 0.392 e. The molecule has 19 heteroatoms. The van der Waals surface area contributed by atoms with Gasteiger partial charge >= 0.3 is 0 Å². The summed E-state index contributed by atoms with van der Waals surface area (Å²) in [6.07, 6.45) is 20.6. The second-order valence-corrected chi connectivity index (χ2v) is 21.2. The van der Waals surface area contributed by atoms with E-state index in [1.54, 1.807) is 0 Å². The minimum Gasteiger partial charge on any atom is -0.392 e. The highest BCUT2D eigenvalue weighted by Crippen LogP contribution is 2.08. The molecule has 0 fully saturated rings. The number of nitrogens with zero attached hydrogens (tertiary/aromatic N) is 3. The summed E-state index contributed by atoms with van der Waals surface area (Å²) in [7, 11) is 2.03. The van der Waals surface area contributed by atoms with Gasteiger partial charge in [0.15, 0.2) is 0 Å². The minimum absolute atomic E-state index is 0.0708. The van der Waals surface area contributed by atoms with Crippen LogP contribution in [0.25, 0.3) is 0 Å². The number of rotatable bonds is 58. The zero-order valence-corrected chi connectivity index (χ0v) is 49.2. The zero-order chi connectivity index (χ0) is 56.1. The van der Waals surface area contributed by atoms with Crippen LogP contribution >= 0.6 is 0 Å². The lowest BCUT2D eigenvalue weighted by Gasteiger charge is -2.28. The van der Waals surface area contributed by atoms with Crippen molar-refractivity contribution in [2.75, 3.05) is 138 Å². The van der Waals surface area contributed by atoms with Crippen LogP contribution in [0.2, 0.25) is 0 Å². The summed E-state index contributed by atoms with van der Waals surface area (Å²) >= 11 is 0. The third-order valence-corrected chi connectivity index (χ3v) is 13.8. The molecule has 0 aliphatic carbocycles. The Balaban J connectivity index is 5.34. The molecule has 0 aromatic carbocycles. The monoisotopic (exact) mass is 1090 g/mol. The first-order valence-corrected chi connectivity index (χ1v) is 30.6. The van der Waals surface area contributed by atoms with Crippen molar-refractivity contribution in [3.63, 3.8) is 0 Å². The van der Waals surface area contributed by atoms with E-state index in [0.717, 1.165) is 103 Å². The lowest BCUT2D eigenvalue weighted by molar-refractivity contribution is -0.123. The molecule has 0 rings (SSSR count). The van der Waals surface area contributed by atoms with Crippen LogP contribution in [0.5, 0.6) is 0 Å². The first-order chi connectivity index (χ1) is 36.8. The van der Waals surface area contributed by atoms with Gasteiger partial charge in [-0.3, -0.25) is 19.2 Å². The smallest absolute Gasteiger partial charge is 0.221 e. The van der Waals surface area contributed by atoms with E-state index in [-0.39, 0.29) is 49.3 Å². The number of nitrogens with one attached hydrogen (secondary N) is 8. The molecule has 0 aromatic heterocycles. The Bertz CT molecular complexity index is 1160. The van der Waals surface area contributed by atoms with Crippen LogP contribution in [-0.2, 0) is 19.2 Å². The molecule has 0 saturated heterocycles. The maximum absolute atomic E-state index is 13.0. The Morgan fingerprint density at radius 2 is 0.566 bits per heavy atom. The molecule has 0 bridgehead atoms. The molecule has 0 spiro atoms. The summed E-state index contributed by atoms with van der Waals surface area (Å²) in [6, 6.07) is 0. The summed E-state index contributed by atoms with van der Waals surface area (Å²) < 4.78 is 0. The van der Waals surface area contributed by atoms with E-state index in [2.05, 4.69) is 84.9 Å². The quantitative estimate of drug-likeness (QED) is 0.0391. The van der Waals surface area contributed by atoms with Gasteiger partial charge in [0.2, 0.25) is 23.6 Å². The summed E-state index contributed by atoms with van der Waals surface area (Å²) in [5, 5.41) is 66.0. The number of hydrogen-bond acceptors (Lipinski definition) is 15. The molecular weight excluding hydrogens is 967 g/mol. The summed E-state index contributed by atoms with van der Waals surface area (Å²) in [4.78, 5) is 58.3. The van der Waals surface area contributed by atoms with Gasteiger partial charge in [0, 0.05) is 157 Å². The lowest BCUT2D eigenvalue weighted by atomic mass is 10.1. The number of unbranched alkanes of at least 4 members (excludes halogenated alkanes) is 12. The van der Waals surface area contributed by atoms with Gasteiger partial charge in [-0.05, 0) is 32.7 Å². The Morgan fingerprint density at radius 3 is 0.789 bits per heavy atom. The van der Waals surface area contributed by atoms with Gasteiger partial charge in [-0.25, -0.2) is 0 Å². The maximum Gasteiger partial charge on any atom is 0.221 e. The highest BCUT2D eigenvalue weighted by Gasteiger charge is 2.16. The number of aliphatic hydroxyl groups excluding tert-OH is 4. The standard InChI is InChI=1S/C57H119N11O8/c1-6-10-14-18-22-50(69)46-58-30-34-62-54(73)26-38-67(39-27-55(74)63-35-31-59-47-51(70)23-19-15-11-7-2)44-42-66(5)43-45-68(40-28-56(75)64-36-32-60-48-52(71)24-20-16-12-8-3)41-29-57(76)65-37-33-61-49-53(72)25-21-17-13-9-4/h50-53,58-61,69-72H,6-49H2,1-5H3,(H,62,73)(H,63,74)(H,64,75)(H,65,76). The van der Waals surface area contributed by atoms with Gasteiger partial charge in [-0.15, -0.1) is 0 Å². The van der Waals surface area contributed by atoms with Crippen LogP contribution in [-0.4, -0.2) is 221 Å². The lowest BCUT2D eigenvalue weighted by Crippen LogP contribution is -2.42. The molecule has 0 radical (unpaired) electrons. The molecule has 0 aromatic rings. The highest BCUT2D eigenvalue weighted by molar-refractivity contribution is 5.77. The Kier molecular flexibility index (Phi) is 52.6. The van der Waals surface area contributed by atoms with E-state index in [9.17, 15) is 39.6 Å². The van der Waals surface area contributed by atoms with Crippen molar-refractivity contribution in [3.05, 3.63) is 0 Å². The van der Waals surface area contributed by atoms with Gasteiger partial charge in [-0.2, -0.15) is 0 Å². The molecule has 0 saturated carbocycles. The maximum atomic E-state index is 13.0. The van der Waals surface area contributed by atoms with Crippen LogP contribution in [0.1, 0.15) is 182 Å². The normalized spacial score (nSPS) is 13.3. The van der Waals surface area contributed by atoms with Crippen molar-refractivity contribution in [3.8, 4) is 0 Å². The Labute approximate surface area is 463 Å². The highest BCUT2D eigenvalue weighted by atomic mass is 16.3. The Morgan fingerprint density at radius 1 is 0.329 bits per heavy atom. The van der Waals surface area contributed by atoms with Crippen molar-refractivity contribution < 1.29 is 39.6 Å². The molecular formula is C57H119N11O8. The van der Waals surface area contributed by atoms with Gasteiger partial charge in [0.1, 0.15) is 0 Å². The first-order valence-electron chi connectivity index (χ1n) is 30.6. The predicted molar refractivity (Wildman–Crippen MR) is 311 cm³/mol. The number of carbonyl (C=O) groups is 4. The van der Waals surface area contributed by atoms with Crippen LogP contribution in [0.4, 0.5) is 0 Å². The number of hydrogen-bond donors (Lipinski definition) is 12. The van der Waals surface area contributed by atoms with Crippen molar-refractivity contribution in [2.45, 2.75) is 206 Å². The fraction of sp³-hybridized carbons (Fsp3) is 0.930. The second kappa shape index (κ2) is 54.4. The predicted octanol–water partition coefficient (Wildman–Crippen LogP) is 3.23. The molecule has 76 heavy (non-hydrogen) atoms. The van der Waals surface area contributed by atoms with Crippen LogP contribution in [0, 0.1) is 0 Å². The van der Waals surface area contributed by atoms with E-state index < -0.39 is 24.4 Å². The first kappa shape index (κ1) is 73.4. The minimum atomic E-state index is -0.392. The Hall–Kier alpha value is -2.56. The van der Waals surface area contributed by atoms with E-state index >= 15 is 0 Å². The fourth-order valence-electron chi connectivity index (χ4n) is 8.67. The van der Waals surface area contributed by atoms with E-state index in [0.29, 0.717) is 131 Å². The van der Waals surface area contributed by atoms with Gasteiger partial charge in [0.25, 0.3) is 0 Å². The number of likely N-dealkylation sites (N-methyl/N-ethyl adjacent to an activating group) is 1. The van der Waals surface area contributed by atoms with Crippen LogP contribution in [0.3, 0.4) is 0 Å². The summed E-state index contributed by atoms with van der Waals surface area (Å²) in [6.45, 7) is 19.3. The number of amides is 4. The van der Waals surface area contributed by atoms with Crippen molar-refractivity contribution in [2.24, 2.45) is 0 Å². The average Bonchev–Trinajstić information content (AvgIpc) is 3.40. The van der Waals surface area contributed by atoms with E-state index in [1.165, 1.54) is 25.7 Å². The SMILES string of the molecule is CCCCCCC(O)CNCCNC(=O)CCN(CCC(=O)NCCNCC(O)CCCCCC)CCN(C)CCN(CCC(=O)NCCNCC(O)CCCCCC)CCC(=O)NCCNCC(O)CCCCCC. The number of aliphatic hydroxyl groups is 4. The van der Waals surface area contributed by atoms with E-state index in [1.807, 2.05) is 7.05 Å². The van der Waals surface area contributed by atoms with Gasteiger partial charge in [0.05, 0.1) is 24.4 Å². The molecule has 0 aliphatic rings. The zero-order valence-electron chi connectivity index (χ0n) is 49.2. The van der Waals surface area contributed by atoms with Crippen molar-refractivity contribution in [1.82, 2.24) is 57.2 Å². The van der Waals surface area contributed by atoms with Crippen LogP contribution < -0.4 is 42.5 Å². The fourth-order valence-corrected chi connectivity index (χ4v) is 8.67. The molecule has 19 nitrogen and oxygen atoms in total. The molecule has 0 heterocycles. The molecule has 4 atom stereocenters. The molecule has 4 amide bonds. The molecule has 0 aliphatic heterocycles. The van der Waals surface area contributed by atoms with Gasteiger partial charge in [-0.1, -0.05) is 130 Å². The summed E-state index contributed by atoms with van der Waals surface area (Å²) in [5.41, 5.74) is 0. The van der Waals surface area contributed by atoms with E-state index in [4.69, 9.17) is 0 Å². The molecule has 12 N–H and O–H groups in total. The third kappa shape index (κ3) is 50.9. The van der Waals surface area contributed by atoms with Crippen molar-refractivity contribution in [1.29, 1.82) is 0 Å². The molecule has 450 valence electrons. The topological polar surface area (TPSA) is 255 Å². The average molecular weight is 1090 g/mol. The second-order valence-electron chi connectivity index (χ2n) is 21.2. The number of carbonyl (C=O) groups excluding carboxylic acids is 4. The summed E-state index contributed by atoms with van der Waals surface area (Å²) in [5.74, 6) is -0.283. The van der Waals surface area contributed by atoms with Gasteiger partial charge < -0.3 is 77.7 Å². The van der Waals surface area contributed by atoms with Crippen molar-refractivity contribution >= 4 is 23.6 Å². The van der Waals surface area contributed by atoms with Crippen LogP contribution in [0.15, 0.2) is 0 Å².